The number of carbonyl (C=O) groups excluding carboxylic acids is 2. The third kappa shape index (κ3) is 3.39. The summed E-state index contributed by atoms with van der Waals surface area (Å²) in [5, 5.41) is 8.65. The van der Waals surface area contributed by atoms with Gasteiger partial charge in [0.1, 0.15) is 5.69 Å². The van der Waals surface area contributed by atoms with Crippen LogP contribution in [0.1, 0.15) is 40.5 Å². The Kier molecular flexibility index (Phi) is 5.07. The van der Waals surface area contributed by atoms with E-state index in [1.807, 2.05) is 45.8 Å². The van der Waals surface area contributed by atoms with Crippen LogP contribution in [-0.2, 0) is 25.4 Å². The van der Waals surface area contributed by atoms with Gasteiger partial charge in [0.15, 0.2) is 0 Å². The summed E-state index contributed by atoms with van der Waals surface area (Å²) in [4.78, 5) is 31.1. The summed E-state index contributed by atoms with van der Waals surface area (Å²) in [5.74, 6) is -0.0912. The molecule has 2 amide bonds. The van der Waals surface area contributed by atoms with Gasteiger partial charge in [-0.25, -0.2) is 0 Å². The van der Waals surface area contributed by atoms with E-state index >= 15 is 0 Å². The summed E-state index contributed by atoms with van der Waals surface area (Å²) in [7, 11) is 3.70. The molecule has 4 heterocycles. The third-order valence-corrected chi connectivity index (χ3v) is 6.96. The zero-order chi connectivity index (χ0) is 22.3. The van der Waals surface area contributed by atoms with E-state index in [2.05, 4.69) is 22.3 Å². The van der Waals surface area contributed by atoms with E-state index in [-0.39, 0.29) is 17.7 Å². The Morgan fingerprint density at radius 3 is 2.66 bits per heavy atom. The monoisotopic (exact) mass is 432 g/mol. The molecule has 8 nitrogen and oxygen atoms in total. The Morgan fingerprint density at radius 1 is 1.16 bits per heavy atom. The molecule has 2 aliphatic heterocycles. The molecular formula is C24H28N6O2. The summed E-state index contributed by atoms with van der Waals surface area (Å²) in [6, 6.07) is 13.8. The first-order chi connectivity index (χ1) is 15.5. The van der Waals surface area contributed by atoms with Gasteiger partial charge in [-0.3, -0.25) is 19.0 Å². The maximum atomic E-state index is 14.0. The molecule has 0 N–H and O–H groups in total. The van der Waals surface area contributed by atoms with Crippen LogP contribution in [0.3, 0.4) is 0 Å². The zero-order valence-electron chi connectivity index (χ0n) is 18.5. The summed E-state index contributed by atoms with van der Waals surface area (Å²) in [6.45, 7) is 2.22. The lowest BCUT2D eigenvalue weighted by Crippen LogP contribution is -2.52. The van der Waals surface area contributed by atoms with Gasteiger partial charge in [0, 0.05) is 64.3 Å². The number of amides is 2. The van der Waals surface area contributed by atoms with Crippen LogP contribution >= 0.6 is 0 Å². The SMILES string of the molecule is Cn1ccc(C(=O)N2C[C@@H](c3ccnn3C)[C@@]3(CCCN(Cc4ccccc4)C3=O)C2)n1. The molecule has 2 saturated heterocycles. The van der Waals surface area contributed by atoms with E-state index in [0.29, 0.717) is 25.3 Å². The fourth-order valence-electron chi connectivity index (χ4n) is 5.39. The number of benzene rings is 1. The van der Waals surface area contributed by atoms with E-state index in [1.165, 1.54) is 0 Å². The van der Waals surface area contributed by atoms with Gasteiger partial charge in [0.2, 0.25) is 5.91 Å². The quantitative estimate of drug-likeness (QED) is 0.633. The molecule has 0 bridgehead atoms. The second-order valence-electron chi connectivity index (χ2n) is 8.96. The molecule has 0 aliphatic carbocycles. The van der Waals surface area contributed by atoms with Gasteiger partial charge in [0.25, 0.3) is 5.91 Å². The number of nitrogens with zero attached hydrogens (tertiary/aromatic N) is 6. The normalized spacial score (nSPS) is 23.3. The number of piperidine rings is 1. The van der Waals surface area contributed by atoms with E-state index in [9.17, 15) is 9.59 Å². The van der Waals surface area contributed by atoms with Crippen LogP contribution in [0, 0.1) is 5.41 Å². The lowest BCUT2D eigenvalue weighted by Gasteiger charge is -2.42. The van der Waals surface area contributed by atoms with Crippen molar-refractivity contribution in [2.24, 2.45) is 19.5 Å². The van der Waals surface area contributed by atoms with Crippen molar-refractivity contribution in [3.63, 3.8) is 0 Å². The van der Waals surface area contributed by atoms with Crippen LogP contribution < -0.4 is 0 Å². The highest BCUT2D eigenvalue weighted by atomic mass is 16.2. The van der Waals surface area contributed by atoms with Crippen LogP contribution in [0.5, 0.6) is 0 Å². The molecule has 2 aliphatic rings. The maximum Gasteiger partial charge on any atom is 0.274 e. The Morgan fingerprint density at radius 2 is 1.97 bits per heavy atom. The van der Waals surface area contributed by atoms with Crippen molar-refractivity contribution in [2.45, 2.75) is 25.3 Å². The van der Waals surface area contributed by atoms with Crippen molar-refractivity contribution in [1.29, 1.82) is 0 Å². The molecule has 3 aromatic rings. The highest BCUT2D eigenvalue weighted by molar-refractivity contribution is 5.94. The van der Waals surface area contributed by atoms with Crippen molar-refractivity contribution in [2.75, 3.05) is 19.6 Å². The minimum absolute atomic E-state index is 0.103. The summed E-state index contributed by atoms with van der Waals surface area (Å²) in [6.07, 6.45) is 5.21. The van der Waals surface area contributed by atoms with Crippen LogP contribution in [0.2, 0.25) is 0 Å². The fraction of sp³-hybridized carbons (Fsp3) is 0.417. The van der Waals surface area contributed by atoms with Crippen LogP contribution in [0.4, 0.5) is 0 Å². The number of hydrogen-bond donors (Lipinski definition) is 0. The number of aromatic nitrogens is 4. The van der Waals surface area contributed by atoms with Gasteiger partial charge in [-0.05, 0) is 30.5 Å². The molecule has 1 spiro atoms. The highest BCUT2D eigenvalue weighted by Gasteiger charge is 2.57. The molecule has 166 valence electrons. The molecule has 2 aromatic heterocycles. The fourth-order valence-corrected chi connectivity index (χ4v) is 5.39. The largest absolute Gasteiger partial charge is 0.338 e. The molecule has 5 rings (SSSR count). The second kappa shape index (κ2) is 7.93. The number of rotatable bonds is 4. The molecular weight excluding hydrogens is 404 g/mol. The predicted octanol–water partition coefficient (Wildman–Crippen LogP) is 2.20. The molecule has 2 fully saturated rings. The molecule has 8 heteroatoms. The van der Waals surface area contributed by atoms with E-state index < -0.39 is 5.41 Å². The summed E-state index contributed by atoms with van der Waals surface area (Å²) in [5.41, 5.74) is 1.88. The molecule has 32 heavy (non-hydrogen) atoms. The van der Waals surface area contributed by atoms with Crippen molar-refractivity contribution >= 4 is 11.8 Å². The van der Waals surface area contributed by atoms with Crippen molar-refractivity contribution in [3.8, 4) is 0 Å². The first kappa shape index (κ1) is 20.5. The van der Waals surface area contributed by atoms with Crippen LogP contribution in [-0.4, -0.2) is 60.8 Å². The van der Waals surface area contributed by atoms with Crippen molar-refractivity contribution in [1.82, 2.24) is 29.4 Å². The number of hydrogen-bond acceptors (Lipinski definition) is 4. The zero-order valence-corrected chi connectivity index (χ0v) is 18.5. The Labute approximate surface area is 187 Å². The van der Waals surface area contributed by atoms with Crippen LogP contribution in [0.15, 0.2) is 54.9 Å². The topological polar surface area (TPSA) is 76.3 Å². The van der Waals surface area contributed by atoms with Gasteiger partial charge >= 0.3 is 0 Å². The number of aryl methyl sites for hydroxylation is 2. The first-order valence-corrected chi connectivity index (χ1v) is 11.1. The smallest absolute Gasteiger partial charge is 0.274 e. The Balaban J connectivity index is 1.49. The van der Waals surface area contributed by atoms with Gasteiger partial charge in [-0.2, -0.15) is 10.2 Å². The van der Waals surface area contributed by atoms with Crippen LogP contribution in [0.25, 0.3) is 0 Å². The van der Waals surface area contributed by atoms with Gasteiger partial charge in [-0.15, -0.1) is 0 Å². The van der Waals surface area contributed by atoms with E-state index in [1.54, 1.807) is 30.2 Å². The van der Waals surface area contributed by atoms with E-state index in [4.69, 9.17) is 0 Å². The second-order valence-corrected chi connectivity index (χ2v) is 8.96. The Bertz CT molecular complexity index is 1140. The minimum Gasteiger partial charge on any atom is -0.338 e. The number of carbonyl (C=O) groups is 2. The lowest BCUT2D eigenvalue weighted by molar-refractivity contribution is -0.147. The van der Waals surface area contributed by atoms with Crippen molar-refractivity contribution in [3.05, 3.63) is 71.8 Å². The van der Waals surface area contributed by atoms with E-state index in [0.717, 1.165) is 30.6 Å². The molecule has 0 unspecified atom stereocenters. The van der Waals surface area contributed by atoms with Crippen molar-refractivity contribution < 1.29 is 9.59 Å². The average Bonchev–Trinajstić information content (AvgIpc) is 3.51. The third-order valence-electron chi connectivity index (χ3n) is 6.96. The highest BCUT2D eigenvalue weighted by Crippen LogP contribution is 2.49. The van der Waals surface area contributed by atoms with Gasteiger partial charge in [0.05, 0.1) is 5.41 Å². The van der Waals surface area contributed by atoms with Gasteiger partial charge < -0.3 is 9.80 Å². The Hall–Kier alpha value is -3.42. The van der Waals surface area contributed by atoms with Gasteiger partial charge in [-0.1, -0.05) is 30.3 Å². The standard InChI is InChI=1S/C24H28N6O2/c1-27-14-10-20(26-27)22(31)30-16-19(21-9-12-25-28(21)2)24(17-30)11-6-13-29(23(24)32)15-18-7-4-3-5-8-18/h3-5,7-10,12,14,19H,6,11,13,15-17H2,1-2H3/t19-,24+/m0/s1. The molecule has 0 saturated carbocycles. The summed E-state index contributed by atoms with van der Waals surface area (Å²) < 4.78 is 3.47. The predicted molar refractivity (Wildman–Crippen MR) is 119 cm³/mol. The summed E-state index contributed by atoms with van der Waals surface area (Å²) >= 11 is 0. The number of likely N-dealkylation sites (tertiary alicyclic amines) is 2. The molecule has 0 radical (unpaired) electrons. The minimum atomic E-state index is -0.648. The average molecular weight is 433 g/mol. The first-order valence-electron chi connectivity index (χ1n) is 11.1. The molecule has 1 aromatic carbocycles. The maximum absolute atomic E-state index is 14.0. The lowest BCUT2D eigenvalue weighted by atomic mass is 9.70. The molecule has 2 atom stereocenters.